The van der Waals surface area contributed by atoms with E-state index in [1.54, 1.807) is 6.20 Å². The van der Waals surface area contributed by atoms with Crippen LogP contribution in [0.3, 0.4) is 0 Å². The number of hydrogen-bond donors (Lipinski definition) is 2. The highest BCUT2D eigenvalue weighted by Gasteiger charge is 2.27. The van der Waals surface area contributed by atoms with E-state index in [9.17, 15) is 4.79 Å². The normalized spacial score (nSPS) is 18.5. The Balaban J connectivity index is 1.58. The van der Waals surface area contributed by atoms with Gasteiger partial charge in [-0.15, -0.1) is 0 Å². The van der Waals surface area contributed by atoms with Crippen molar-refractivity contribution in [2.24, 2.45) is 0 Å². The second kappa shape index (κ2) is 8.63. The molecule has 2 fully saturated rings. The number of nitrogens with zero attached hydrogens (tertiary/aromatic N) is 2. The molecule has 2 aromatic rings. The number of pyridine rings is 1. The first kappa shape index (κ1) is 18.1. The number of nitrogens with one attached hydrogen (secondary N) is 2. The van der Waals surface area contributed by atoms with Crippen molar-refractivity contribution in [1.29, 1.82) is 0 Å². The molecule has 2 heterocycles. The predicted molar refractivity (Wildman–Crippen MR) is 106 cm³/mol. The van der Waals surface area contributed by atoms with Crippen LogP contribution in [0.1, 0.15) is 59.5 Å². The first-order valence-corrected chi connectivity index (χ1v) is 10.1. The van der Waals surface area contributed by atoms with Crippen molar-refractivity contribution < 1.29 is 4.79 Å². The molecule has 1 saturated heterocycles. The molecule has 27 heavy (non-hydrogen) atoms. The summed E-state index contributed by atoms with van der Waals surface area (Å²) in [5.41, 5.74) is 9.47. The van der Waals surface area contributed by atoms with Crippen molar-refractivity contribution in [3.63, 3.8) is 0 Å². The third-order valence-corrected chi connectivity index (χ3v) is 5.78. The van der Waals surface area contributed by atoms with Crippen LogP contribution in [-0.2, 0) is 6.54 Å². The summed E-state index contributed by atoms with van der Waals surface area (Å²) in [6.45, 7) is 2.44. The van der Waals surface area contributed by atoms with Crippen LogP contribution in [0.15, 0.2) is 48.8 Å². The van der Waals surface area contributed by atoms with Gasteiger partial charge in [-0.25, -0.2) is 0 Å². The molecule has 0 radical (unpaired) electrons. The highest BCUT2D eigenvalue weighted by atomic mass is 16.2. The zero-order valence-electron chi connectivity index (χ0n) is 15.7. The van der Waals surface area contributed by atoms with E-state index < -0.39 is 0 Å². The molecule has 142 valence electrons. The maximum absolute atomic E-state index is 13.5. The smallest absolute Gasteiger partial charge is 0.254 e. The standard InChI is InChI=1S/C22H28N4O/c27-22(19-8-4-7-18(12-19)20-14-24-25-15-20)26(21-9-2-1-3-10-21)16-17-6-5-11-23-13-17/h4-8,11-13,20-21,24-25H,1-3,9-10,14-16H2. The van der Waals surface area contributed by atoms with E-state index in [0.717, 1.165) is 37.1 Å². The number of amides is 1. The van der Waals surface area contributed by atoms with Crippen molar-refractivity contribution in [1.82, 2.24) is 20.7 Å². The topological polar surface area (TPSA) is 57.3 Å². The van der Waals surface area contributed by atoms with Gasteiger partial charge in [-0.1, -0.05) is 37.5 Å². The zero-order chi connectivity index (χ0) is 18.5. The fraction of sp³-hybridized carbons (Fsp3) is 0.455. The predicted octanol–water partition coefficient (Wildman–Crippen LogP) is 3.25. The molecular weight excluding hydrogens is 336 g/mol. The molecule has 0 bridgehead atoms. The Morgan fingerprint density at radius 1 is 1.07 bits per heavy atom. The summed E-state index contributed by atoms with van der Waals surface area (Å²) < 4.78 is 0. The van der Waals surface area contributed by atoms with Gasteiger partial charge in [0.25, 0.3) is 5.91 Å². The fourth-order valence-electron chi connectivity index (χ4n) is 4.24. The monoisotopic (exact) mass is 364 g/mol. The molecule has 1 aromatic carbocycles. The van der Waals surface area contributed by atoms with Crippen LogP contribution >= 0.6 is 0 Å². The van der Waals surface area contributed by atoms with Gasteiger partial charge in [-0.2, -0.15) is 0 Å². The van der Waals surface area contributed by atoms with Crippen LogP contribution < -0.4 is 10.9 Å². The molecule has 1 aromatic heterocycles. The second-order valence-corrected chi connectivity index (χ2v) is 7.67. The largest absolute Gasteiger partial charge is 0.331 e. The van der Waals surface area contributed by atoms with Gasteiger partial charge in [0, 0.05) is 49.6 Å². The molecule has 1 aliphatic carbocycles. The molecule has 2 N–H and O–H groups in total. The van der Waals surface area contributed by atoms with E-state index in [-0.39, 0.29) is 5.91 Å². The lowest BCUT2D eigenvalue weighted by atomic mass is 9.92. The van der Waals surface area contributed by atoms with Gasteiger partial charge in [0.2, 0.25) is 0 Å². The Hall–Kier alpha value is -2.24. The molecular formula is C22H28N4O. The molecule has 5 heteroatoms. The Bertz CT molecular complexity index is 752. The molecule has 0 atom stereocenters. The third kappa shape index (κ3) is 4.37. The zero-order valence-corrected chi connectivity index (χ0v) is 15.7. The number of benzene rings is 1. The van der Waals surface area contributed by atoms with Crippen molar-refractivity contribution in [2.45, 2.75) is 50.6 Å². The Labute approximate surface area is 161 Å². The van der Waals surface area contributed by atoms with Crippen molar-refractivity contribution in [3.8, 4) is 0 Å². The molecule has 1 amide bonds. The van der Waals surface area contributed by atoms with E-state index in [1.807, 2.05) is 24.4 Å². The number of hydrogen-bond acceptors (Lipinski definition) is 4. The van der Waals surface area contributed by atoms with Gasteiger partial charge in [0.05, 0.1) is 0 Å². The van der Waals surface area contributed by atoms with Gasteiger partial charge in [-0.3, -0.25) is 20.6 Å². The van der Waals surface area contributed by atoms with Crippen LogP contribution in [0.2, 0.25) is 0 Å². The first-order chi connectivity index (χ1) is 13.3. The lowest BCUT2D eigenvalue weighted by Crippen LogP contribution is -2.41. The highest BCUT2D eigenvalue weighted by molar-refractivity contribution is 5.94. The van der Waals surface area contributed by atoms with Crippen molar-refractivity contribution >= 4 is 5.91 Å². The molecule has 5 nitrogen and oxygen atoms in total. The third-order valence-electron chi connectivity index (χ3n) is 5.78. The highest BCUT2D eigenvalue weighted by Crippen LogP contribution is 2.26. The summed E-state index contributed by atoms with van der Waals surface area (Å²) in [7, 11) is 0. The molecule has 1 saturated carbocycles. The average Bonchev–Trinajstić information content (AvgIpc) is 3.28. The number of rotatable bonds is 5. The van der Waals surface area contributed by atoms with Gasteiger partial charge < -0.3 is 4.90 Å². The van der Waals surface area contributed by atoms with Crippen LogP contribution in [-0.4, -0.2) is 34.9 Å². The Morgan fingerprint density at radius 2 is 1.89 bits per heavy atom. The van der Waals surface area contributed by atoms with Gasteiger partial charge >= 0.3 is 0 Å². The second-order valence-electron chi connectivity index (χ2n) is 7.67. The lowest BCUT2D eigenvalue weighted by Gasteiger charge is -2.34. The molecule has 0 unspecified atom stereocenters. The van der Waals surface area contributed by atoms with Crippen molar-refractivity contribution in [2.75, 3.05) is 13.1 Å². The quantitative estimate of drug-likeness (QED) is 0.855. The molecule has 0 spiro atoms. The van der Waals surface area contributed by atoms with Crippen LogP contribution in [0, 0.1) is 0 Å². The Morgan fingerprint density at radius 3 is 2.63 bits per heavy atom. The Kier molecular flexibility index (Phi) is 5.80. The number of hydrazine groups is 1. The van der Waals surface area contributed by atoms with Gasteiger partial charge in [0.1, 0.15) is 0 Å². The summed E-state index contributed by atoms with van der Waals surface area (Å²) in [6.07, 6.45) is 9.55. The first-order valence-electron chi connectivity index (χ1n) is 10.1. The van der Waals surface area contributed by atoms with E-state index >= 15 is 0 Å². The van der Waals surface area contributed by atoms with E-state index in [2.05, 4.69) is 38.9 Å². The minimum Gasteiger partial charge on any atom is -0.331 e. The summed E-state index contributed by atoms with van der Waals surface area (Å²) in [5.74, 6) is 0.561. The number of carbonyl (C=O) groups is 1. The average molecular weight is 364 g/mol. The number of carbonyl (C=O) groups excluding carboxylic acids is 1. The van der Waals surface area contributed by atoms with E-state index in [0.29, 0.717) is 18.5 Å². The molecule has 2 aliphatic rings. The summed E-state index contributed by atoms with van der Waals surface area (Å²) in [5, 5.41) is 0. The molecule has 4 rings (SSSR count). The maximum Gasteiger partial charge on any atom is 0.254 e. The SMILES string of the molecule is O=C(c1cccc(C2CNNC2)c1)N(Cc1cccnc1)C1CCCCC1. The van der Waals surface area contributed by atoms with Gasteiger partial charge in [-0.05, 0) is 42.2 Å². The van der Waals surface area contributed by atoms with E-state index in [4.69, 9.17) is 0 Å². The minimum atomic E-state index is 0.145. The number of aromatic nitrogens is 1. The van der Waals surface area contributed by atoms with Crippen LogP contribution in [0.5, 0.6) is 0 Å². The van der Waals surface area contributed by atoms with E-state index in [1.165, 1.54) is 24.8 Å². The van der Waals surface area contributed by atoms with Gasteiger partial charge in [0.15, 0.2) is 0 Å². The van der Waals surface area contributed by atoms with Crippen molar-refractivity contribution in [3.05, 3.63) is 65.5 Å². The maximum atomic E-state index is 13.5. The minimum absolute atomic E-state index is 0.145. The van der Waals surface area contributed by atoms with Crippen LogP contribution in [0.4, 0.5) is 0 Å². The molecule has 1 aliphatic heterocycles. The summed E-state index contributed by atoms with van der Waals surface area (Å²) in [4.78, 5) is 19.8. The summed E-state index contributed by atoms with van der Waals surface area (Å²) in [6, 6.07) is 12.5. The van der Waals surface area contributed by atoms with Crippen LogP contribution in [0.25, 0.3) is 0 Å². The fourth-order valence-corrected chi connectivity index (χ4v) is 4.24. The summed E-state index contributed by atoms with van der Waals surface area (Å²) >= 11 is 0. The lowest BCUT2D eigenvalue weighted by molar-refractivity contribution is 0.0614.